The molecule has 3 rings (SSSR count). The predicted octanol–water partition coefficient (Wildman–Crippen LogP) is 6.03. The molecule has 0 unspecified atom stereocenters. The van der Waals surface area contributed by atoms with Crippen LogP contribution < -0.4 is 10.1 Å². The molecule has 5 nitrogen and oxygen atoms in total. The molecule has 31 heavy (non-hydrogen) atoms. The summed E-state index contributed by atoms with van der Waals surface area (Å²) in [7, 11) is 0. The summed E-state index contributed by atoms with van der Waals surface area (Å²) < 4.78 is 10.9. The second kappa shape index (κ2) is 10.6. The smallest absolute Gasteiger partial charge is 0.341 e. The molecule has 0 bridgehead atoms. The van der Waals surface area contributed by atoms with E-state index in [0.29, 0.717) is 10.6 Å². The first-order valence-corrected chi connectivity index (χ1v) is 11.0. The Labute approximate surface area is 186 Å². The number of ether oxygens (including phenoxy) is 2. The van der Waals surface area contributed by atoms with E-state index in [-0.39, 0.29) is 18.6 Å². The molecule has 1 aromatic heterocycles. The lowest BCUT2D eigenvalue weighted by molar-refractivity contribution is -0.111. The molecular formula is C25H25NO4S. The largest absolute Gasteiger partial charge is 0.491 e. The van der Waals surface area contributed by atoms with Crippen molar-refractivity contribution >= 4 is 34.3 Å². The highest BCUT2D eigenvalue weighted by atomic mass is 32.1. The lowest BCUT2D eigenvalue weighted by Crippen LogP contribution is -2.12. The zero-order chi connectivity index (χ0) is 22.2. The lowest BCUT2D eigenvalue weighted by atomic mass is 10.0. The van der Waals surface area contributed by atoms with Crippen LogP contribution in [0.3, 0.4) is 0 Å². The van der Waals surface area contributed by atoms with Crippen molar-refractivity contribution in [2.45, 2.75) is 26.9 Å². The third-order valence-corrected chi connectivity index (χ3v) is 5.14. The predicted molar refractivity (Wildman–Crippen MR) is 126 cm³/mol. The summed E-state index contributed by atoms with van der Waals surface area (Å²) in [5, 5.41) is 5.13. The van der Waals surface area contributed by atoms with Crippen LogP contribution in [0.25, 0.3) is 17.2 Å². The zero-order valence-corrected chi connectivity index (χ0v) is 18.6. The first-order chi connectivity index (χ1) is 15.0. The summed E-state index contributed by atoms with van der Waals surface area (Å²) in [5.74, 6) is -0.0458. The first-order valence-electron chi connectivity index (χ1n) is 10.1. The van der Waals surface area contributed by atoms with Crippen molar-refractivity contribution in [3.05, 3.63) is 77.2 Å². The van der Waals surface area contributed by atoms with E-state index >= 15 is 0 Å². The Balaban J connectivity index is 1.80. The van der Waals surface area contributed by atoms with Gasteiger partial charge in [0.1, 0.15) is 16.3 Å². The molecule has 0 saturated heterocycles. The first kappa shape index (κ1) is 22.3. The molecule has 0 spiro atoms. The van der Waals surface area contributed by atoms with E-state index in [1.165, 1.54) is 17.4 Å². The van der Waals surface area contributed by atoms with Crippen LogP contribution in [0, 0.1) is 0 Å². The van der Waals surface area contributed by atoms with Gasteiger partial charge in [0, 0.05) is 17.0 Å². The minimum Gasteiger partial charge on any atom is -0.491 e. The van der Waals surface area contributed by atoms with Crippen LogP contribution in [-0.4, -0.2) is 24.6 Å². The Kier molecular flexibility index (Phi) is 7.62. The molecular weight excluding hydrogens is 410 g/mol. The second-order valence-electron chi connectivity index (χ2n) is 7.00. The fraction of sp³-hybridized carbons (Fsp3) is 0.200. The monoisotopic (exact) mass is 435 g/mol. The molecule has 1 heterocycles. The van der Waals surface area contributed by atoms with E-state index in [9.17, 15) is 9.59 Å². The molecule has 0 aliphatic heterocycles. The van der Waals surface area contributed by atoms with Gasteiger partial charge in [-0.1, -0.05) is 42.5 Å². The van der Waals surface area contributed by atoms with Crippen LogP contribution in [0.2, 0.25) is 0 Å². The molecule has 6 heteroatoms. The SMILES string of the molecule is CCOC(=O)c1c(-c2ccccc2)csc1NC(=O)/C=C/c1cccc(OC(C)C)c1. The Morgan fingerprint density at radius 1 is 1.10 bits per heavy atom. The average molecular weight is 436 g/mol. The van der Waals surface area contributed by atoms with Crippen molar-refractivity contribution in [1.82, 2.24) is 0 Å². The number of hydrogen-bond acceptors (Lipinski definition) is 5. The maximum Gasteiger partial charge on any atom is 0.341 e. The minimum atomic E-state index is -0.458. The van der Waals surface area contributed by atoms with Gasteiger partial charge in [0.2, 0.25) is 5.91 Å². The van der Waals surface area contributed by atoms with Gasteiger partial charge in [0.25, 0.3) is 0 Å². The summed E-state index contributed by atoms with van der Waals surface area (Å²) in [6.07, 6.45) is 3.21. The van der Waals surface area contributed by atoms with E-state index < -0.39 is 5.97 Å². The zero-order valence-electron chi connectivity index (χ0n) is 17.8. The van der Waals surface area contributed by atoms with E-state index in [1.54, 1.807) is 13.0 Å². The third-order valence-electron chi connectivity index (χ3n) is 4.25. The molecule has 3 aromatic rings. The quantitative estimate of drug-likeness (QED) is 0.346. The number of anilines is 1. The molecule has 2 aromatic carbocycles. The van der Waals surface area contributed by atoms with Crippen LogP contribution in [-0.2, 0) is 9.53 Å². The van der Waals surface area contributed by atoms with E-state index in [1.807, 2.05) is 73.8 Å². The topological polar surface area (TPSA) is 64.6 Å². The molecule has 0 aliphatic rings. The minimum absolute atomic E-state index is 0.0708. The van der Waals surface area contributed by atoms with Crippen LogP contribution in [0.5, 0.6) is 5.75 Å². The number of hydrogen-bond donors (Lipinski definition) is 1. The van der Waals surface area contributed by atoms with E-state index in [0.717, 1.165) is 22.4 Å². The number of thiophene rings is 1. The van der Waals surface area contributed by atoms with Gasteiger partial charge in [0.15, 0.2) is 0 Å². The van der Waals surface area contributed by atoms with Crippen molar-refractivity contribution in [3.63, 3.8) is 0 Å². The maximum absolute atomic E-state index is 12.6. The molecule has 0 atom stereocenters. The third kappa shape index (κ3) is 6.06. The van der Waals surface area contributed by atoms with Crippen molar-refractivity contribution < 1.29 is 19.1 Å². The van der Waals surface area contributed by atoms with Gasteiger partial charge in [0.05, 0.1) is 12.7 Å². The summed E-state index contributed by atoms with van der Waals surface area (Å²) in [6.45, 7) is 5.93. The van der Waals surface area contributed by atoms with Gasteiger partial charge >= 0.3 is 5.97 Å². The second-order valence-corrected chi connectivity index (χ2v) is 7.88. The van der Waals surface area contributed by atoms with Crippen LogP contribution in [0.1, 0.15) is 36.7 Å². The van der Waals surface area contributed by atoms with Crippen LogP contribution >= 0.6 is 11.3 Å². The van der Waals surface area contributed by atoms with Crippen molar-refractivity contribution in [1.29, 1.82) is 0 Å². The van der Waals surface area contributed by atoms with E-state index in [2.05, 4.69) is 5.32 Å². The van der Waals surface area contributed by atoms with Gasteiger partial charge in [-0.2, -0.15) is 0 Å². The van der Waals surface area contributed by atoms with Gasteiger partial charge < -0.3 is 14.8 Å². The number of rotatable bonds is 8. The standard InChI is InChI=1S/C25H25NO4S/c1-4-29-25(28)23-21(19-10-6-5-7-11-19)16-31-24(23)26-22(27)14-13-18-9-8-12-20(15-18)30-17(2)3/h5-17H,4H2,1-3H3,(H,26,27)/b14-13+. The van der Waals surface area contributed by atoms with Gasteiger partial charge in [-0.15, -0.1) is 11.3 Å². The van der Waals surface area contributed by atoms with Gasteiger partial charge in [-0.3, -0.25) is 4.79 Å². The fourth-order valence-electron chi connectivity index (χ4n) is 2.98. The van der Waals surface area contributed by atoms with E-state index in [4.69, 9.17) is 9.47 Å². The number of nitrogens with one attached hydrogen (secondary N) is 1. The normalized spacial score (nSPS) is 11.0. The number of carbonyl (C=O) groups excluding carboxylic acids is 2. The van der Waals surface area contributed by atoms with Gasteiger partial charge in [-0.25, -0.2) is 4.79 Å². The van der Waals surface area contributed by atoms with Crippen LogP contribution in [0.4, 0.5) is 5.00 Å². The molecule has 0 radical (unpaired) electrons. The molecule has 0 aliphatic carbocycles. The molecule has 1 amide bonds. The van der Waals surface area contributed by atoms with Crippen molar-refractivity contribution in [3.8, 4) is 16.9 Å². The Hall–Kier alpha value is -3.38. The Bertz CT molecular complexity index is 1070. The maximum atomic E-state index is 12.6. The lowest BCUT2D eigenvalue weighted by Gasteiger charge is -2.09. The summed E-state index contributed by atoms with van der Waals surface area (Å²) >= 11 is 1.30. The fourth-order valence-corrected chi connectivity index (χ4v) is 3.94. The highest BCUT2D eigenvalue weighted by molar-refractivity contribution is 7.15. The highest BCUT2D eigenvalue weighted by Crippen LogP contribution is 2.36. The number of amides is 1. The summed E-state index contributed by atoms with van der Waals surface area (Å²) in [6, 6.07) is 17.1. The summed E-state index contributed by atoms with van der Waals surface area (Å²) in [4.78, 5) is 25.2. The number of benzene rings is 2. The summed E-state index contributed by atoms with van der Waals surface area (Å²) in [5.41, 5.74) is 2.84. The molecule has 160 valence electrons. The Morgan fingerprint density at radius 3 is 2.58 bits per heavy atom. The Morgan fingerprint density at radius 2 is 1.87 bits per heavy atom. The van der Waals surface area contributed by atoms with Crippen LogP contribution in [0.15, 0.2) is 66.1 Å². The number of carbonyl (C=O) groups is 2. The number of esters is 1. The highest BCUT2D eigenvalue weighted by Gasteiger charge is 2.22. The van der Waals surface area contributed by atoms with Crippen molar-refractivity contribution in [2.75, 3.05) is 11.9 Å². The van der Waals surface area contributed by atoms with Crippen molar-refractivity contribution in [2.24, 2.45) is 0 Å². The molecule has 0 fully saturated rings. The van der Waals surface area contributed by atoms with Gasteiger partial charge in [-0.05, 0) is 50.1 Å². The molecule has 1 N–H and O–H groups in total. The molecule has 0 saturated carbocycles. The average Bonchev–Trinajstić information content (AvgIpc) is 3.16.